The van der Waals surface area contributed by atoms with Crippen LogP contribution in [0.25, 0.3) is 0 Å². The summed E-state index contributed by atoms with van der Waals surface area (Å²) in [6.45, 7) is 4.16. The number of nitrogens with zero attached hydrogens (tertiary/aromatic N) is 1. The van der Waals surface area contributed by atoms with Crippen LogP contribution in [0.1, 0.15) is 44.6 Å². The fraction of sp³-hybridized carbons (Fsp3) is 0.600. The van der Waals surface area contributed by atoms with Crippen molar-refractivity contribution >= 4 is 11.6 Å². The van der Waals surface area contributed by atoms with Crippen LogP contribution in [0.2, 0.25) is 5.02 Å². The molecule has 0 spiro atoms. The molecule has 2 nitrogen and oxygen atoms in total. The molecule has 0 saturated heterocycles. The largest absolute Gasteiger partial charge is 0.508 e. The van der Waals surface area contributed by atoms with Crippen LogP contribution in [0.3, 0.4) is 0 Å². The molecule has 0 unspecified atom stereocenters. The molecule has 18 heavy (non-hydrogen) atoms. The molecule has 0 bridgehead atoms. The van der Waals surface area contributed by atoms with Crippen molar-refractivity contribution in [3.05, 3.63) is 28.8 Å². The number of hydrogen-bond acceptors (Lipinski definition) is 2. The average molecular weight is 268 g/mol. The van der Waals surface area contributed by atoms with Gasteiger partial charge in [-0.2, -0.15) is 0 Å². The van der Waals surface area contributed by atoms with Gasteiger partial charge >= 0.3 is 0 Å². The van der Waals surface area contributed by atoms with Gasteiger partial charge < -0.3 is 5.11 Å². The second-order valence-electron chi connectivity index (χ2n) is 5.13. The van der Waals surface area contributed by atoms with Crippen molar-refractivity contribution in [2.75, 3.05) is 6.54 Å². The summed E-state index contributed by atoms with van der Waals surface area (Å²) >= 11 is 6.18. The first-order chi connectivity index (χ1) is 8.70. The third-order valence-electron chi connectivity index (χ3n) is 3.91. The summed E-state index contributed by atoms with van der Waals surface area (Å²) in [5.74, 6) is 0.240. The summed E-state index contributed by atoms with van der Waals surface area (Å²) in [5, 5.41) is 10.1. The van der Waals surface area contributed by atoms with E-state index in [1.54, 1.807) is 12.1 Å². The summed E-state index contributed by atoms with van der Waals surface area (Å²) < 4.78 is 0. The summed E-state index contributed by atoms with van der Waals surface area (Å²) in [4.78, 5) is 2.51. The normalized spacial score (nSPS) is 17.3. The molecule has 0 heterocycles. The number of rotatable bonds is 4. The third-order valence-corrected chi connectivity index (χ3v) is 4.26. The zero-order valence-electron chi connectivity index (χ0n) is 11.0. The van der Waals surface area contributed by atoms with Crippen molar-refractivity contribution in [2.24, 2.45) is 0 Å². The Balaban J connectivity index is 2.04. The van der Waals surface area contributed by atoms with Crippen LogP contribution < -0.4 is 0 Å². The maximum absolute atomic E-state index is 9.38. The van der Waals surface area contributed by atoms with Crippen molar-refractivity contribution in [3.8, 4) is 5.75 Å². The summed E-state index contributed by atoms with van der Waals surface area (Å²) in [6.07, 6.45) is 6.70. The Morgan fingerprint density at radius 2 is 2.00 bits per heavy atom. The Morgan fingerprint density at radius 3 is 2.61 bits per heavy atom. The molecule has 1 N–H and O–H groups in total. The van der Waals surface area contributed by atoms with Gasteiger partial charge in [0.1, 0.15) is 5.75 Å². The molecule has 1 aromatic carbocycles. The van der Waals surface area contributed by atoms with E-state index >= 15 is 0 Å². The molecule has 0 radical (unpaired) electrons. The third kappa shape index (κ3) is 3.39. The first kappa shape index (κ1) is 13.7. The number of benzene rings is 1. The minimum Gasteiger partial charge on any atom is -0.508 e. The maximum Gasteiger partial charge on any atom is 0.117 e. The minimum atomic E-state index is 0.240. The molecule has 1 aliphatic carbocycles. The lowest BCUT2D eigenvalue weighted by atomic mass is 9.94. The molecular formula is C15H22ClNO. The van der Waals surface area contributed by atoms with Crippen molar-refractivity contribution in [1.29, 1.82) is 0 Å². The molecular weight excluding hydrogens is 246 g/mol. The predicted molar refractivity (Wildman–Crippen MR) is 76.1 cm³/mol. The second-order valence-corrected chi connectivity index (χ2v) is 5.54. The molecule has 0 atom stereocenters. The standard InChI is InChI=1S/C15H22ClNO/c1-2-17(13-6-4-3-5-7-13)11-12-8-9-14(18)10-15(12)16/h8-10,13,18H,2-7,11H2,1H3. The van der Waals surface area contributed by atoms with E-state index in [4.69, 9.17) is 11.6 Å². The smallest absolute Gasteiger partial charge is 0.117 e. The highest BCUT2D eigenvalue weighted by atomic mass is 35.5. The Morgan fingerprint density at radius 1 is 1.28 bits per heavy atom. The van der Waals surface area contributed by atoms with E-state index in [1.807, 2.05) is 6.07 Å². The number of aromatic hydroxyl groups is 1. The van der Waals surface area contributed by atoms with Gasteiger partial charge in [0, 0.05) is 17.6 Å². The molecule has 0 amide bonds. The fourth-order valence-electron chi connectivity index (χ4n) is 2.83. The zero-order chi connectivity index (χ0) is 13.0. The van der Waals surface area contributed by atoms with Crippen LogP contribution in [0.5, 0.6) is 5.75 Å². The van der Waals surface area contributed by atoms with Gasteiger partial charge in [-0.15, -0.1) is 0 Å². The molecule has 100 valence electrons. The van der Waals surface area contributed by atoms with Gasteiger partial charge in [0.25, 0.3) is 0 Å². The van der Waals surface area contributed by atoms with Crippen molar-refractivity contribution in [2.45, 2.75) is 51.6 Å². The Hall–Kier alpha value is -0.730. The molecule has 0 aliphatic heterocycles. The SMILES string of the molecule is CCN(Cc1ccc(O)cc1Cl)C1CCCCC1. The molecule has 1 saturated carbocycles. The average Bonchev–Trinajstić information content (AvgIpc) is 2.39. The first-order valence-corrected chi connectivity index (χ1v) is 7.30. The summed E-state index contributed by atoms with van der Waals surface area (Å²) in [6, 6.07) is 5.98. The lowest BCUT2D eigenvalue weighted by Gasteiger charge is -2.33. The summed E-state index contributed by atoms with van der Waals surface area (Å²) in [5.41, 5.74) is 1.11. The van der Waals surface area contributed by atoms with Gasteiger partial charge in [-0.05, 0) is 37.1 Å². The van der Waals surface area contributed by atoms with Gasteiger partial charge in [0.05, 0.1) is 0 Å². The van der Waals surface area contributed by atoms with Crippen molar-refractivity contribution in [3.63, 3.8) is 0 Å². The number of hydrogen-bond donors (Lipinski definition) is 1. The quantitative estimate of drug-likeness (QED) is 0.884. The van der Waals surface area contributed by atoms with Crippen molar-refractivity contribution < 1.29 is 5.11 Å². The van der Waals surface area contributed by atoms with E-state index in [2.05, 4.69) is 11.8 Å². The lowest BCUT2D eigenvalue weighted by Crippen LogP contribution is -2.36. The van der Waals surface area contributed by atoms with Gasteiger partial charge in [-0.25, -0.2) is 0 Å². The van der Waals surface area contributed by atoms with E-state index < -0.39 is 0 Å². The number of phenolic OH excluding ortho intramolecular Hbond substituents is 1. The van der Waals surface area contributed by atoms with Crippen LogP contribution in [0, 0.1) is 0 Å². The van der Waals surface area contributed by atoms with E-state index in [0.717, 1.165) is 18.7 Å². The van der Waals surface area contributed by atoms with E-state index in [9.17, 15) is 5.11 Å². The Labute approximate surface area is 115 Å². The maximum atomic E-state index is 9.38. The molecule has 2 rings (SSSR count). The molecule has 0 aromatic heterocycles. The van der Waals surface area contributed by atoms with Crippen LogP contribution in [0.15, 0.2) is 18.2 Å². The summed E-state index contributed by atoms with van der Waals surface area (Å²) in [7, 11) is 0. The first-order valence-electron chi connectivity index (χ1n) is 6.92. The van der Waals surface area contributed by atoms with E-state index in [0.29, 0.717) is 11.1 Å². The highest BCUT2D eigenvalue weighted by Gasteiger charge is 2.20. The molecule has 3 heteroatoms. The topological polar surface area (TPSA) is 23.5 Å². The predicted octanol–water partition coefficient (Wildman–Crippen LogP) is 4.20. The fourth-order valence-corrected chi connectivity index (χ4v) is 3.06. The van der Waals surface area contributed by atoms with Crippen molar-refractivity contribution in [1.82, 2.24) is 4.90 Å². The number of halogens is 1. The Bertz CT molecular complexity index is 388. The van der Waals surface area contributed by atoms with Gasteiger partial charge in [0.15, 0.2) is 0 Å². The molecule has 1 fully saturated rings. The van der Waals surface area contributed by atoms with Crippen LogP contribution in [-0.4, -0.2) is 22.6 Å². The lowest BCUT2D eigenvalue weighted by molar-refractivity contribution is 0.156. The Kier molecular flexibility index (Phi) is 4.90. The van der Waals surface area contributed by atoms with E-state index in [-0.39, 0.29) is 5.75 Å². The van der Waals surface area contributed by atoms with Gasteiger partial charge in [0.2, 0.25) is 0 Å². The van der Waals surface area contributed by atoms with Crippen LogP contribution >= 0.6 is 11.6 Å². The zero-order valence-corrected chi connectivity index (χ0v) is 11.8. The van der Waals surface area contributed by atoms with E-state index in [1.165, 1.54) is 32.1 Å². The van der Waals surface area contributed by atoms with Gasteiger partial charge in [-0.3, -0.25) is 4.90 Å². The number of phenols is 1. The van der Waals surface area contributed by atoms with Gasteiger partial charge in [-0.1, -0.05) is 43.9 Å². The highest BCUT2D eigenvalue weighted by molar-refractivity contribution is 6.31. The van der Waals surface area contributed by atoms with Crippen LogP contribution in [0.4, 0.5) is 0 Å². The second kappa shape index (κ2) is 6.44. The molecule has 1 aliphatic rings. The molecule has 1 aromatic rings. The monoisotopic (exact) mass is 267 g/mol. The highest BCUT2D eigenvalue weighted by Crippen LogP contribution is 2.27. The van der Waals surface area contributed by atoms with Crippen LogP contribution in [-0.2, 0) is 6.54 Å². The minimum absolute atomic E-state index is 0.240.